The van der Waals surface area contributed by atoms with Gasteiger partial charge in [-0.15, -0.1) is 11.3 Å². The van der Waals surface area contributed by atoms with E-state index >= 15 is 0 Å². The van der Waals surface area contributed by atoms with Crippen LogP contribution in [0.1, 0.15) is 39.0 Å². The summed E-state index contributed by atoms with van der Waals surface area (Å²) in [6.07, 6.45) is 3.15. The Labute approximate surface area is 156 Å². The molecule has 0 saturated carbocycles. The van der Waals surface area contributed by atoms with Gasteiger partial charge in [0.25, 0.3) is 5.91 Å². The van der Waals surface area contributed by atoms with Crippen LogP contribution >= 0.6 is 11.3 Å². The Hall–Kier alpha value is -2.21. The molecule has 1 amide bonds. The Morgan fingerprint density at radius 1 is 1.31 bits per heavy atom. The Morgan fingerprint density at radius 2 is 2.04 bits per heavy atom. The average Bonchev–Trinajstić information content (AvgIpc) is 3.04. The van der Waals surface area contributed by atoms with Gasteiger partial charge in [-0.05, 0) is 54.5 Å². The van der Waals surface area contributed by atoms with Gasteiger partial charge < -0.3 is 9.64 Å². The molecule has 1 aromatic carbocycles. The molecule has 1 aromatic heterocycles. The van der Waals surface area contributed by atoms with Crippen molar-refractivity contribution in [2.75, 3.05) is 13.7 Å². The summed E-state index contributed by atoms with van der Waals surface area (Å²) in [5.74, 6) is -0.412. The van der Waals surface area contributed by atoms with Gasteiger partial charge in [-0.2, -0.15) is 0 Å². The summed E-state index contributed by atoms with van der Waals surface area (Å²) < 4.78 is 18.1. The largest absolute Gasteiger partial charge is 0.451 e. The molecule has 138 valence electrons. The minimum Gasteiger partial charge on any atom is -0.451 e. The third-order valence-electron chi connectivity index (χ3n) is 4.62. The fourth-order valence-corrected chi connectivity index (χ4v) is 4.17. The van der Waals surface area contributed by atoms with Crippen LogP contribution in [0.15, 0.2) is 30.3 Å². The first-order valence-electron chi connectivity index (χ1n) is 8.69. The van der Waals surface area contributed by atoms with E-state index in [4.69, 9.17) is 4.74 Å². The SMILES string of the molecule is C[C@H]1CCc2sc(C(=O)OCC(=O)N(C)Cc3ccc(F)cc3)cc2C1. The Balaban J connectivity index is 1.52. The smallest absolute Gasteiger partial charge is 0.348 e. The number of benzene rings is 1. The van der Waals surface area contributed by atoms with E-state index in [1.54, 1.807) is 19.2 Å². The van der Waals surface area contributed by atoms with Gasteiger partial charge >= 0.3 is 5.97 Å². The van der Waals surface area contributed by atoms with Crippen molar-refractivity contribution < 1.29 is 18.7 Å². The number of aryl methyl sites for hydroxylation is 1. The predicted octanol–water partition coefficient (Wildman–Crippen LogP) is 3.83. The number of hydrogen-bond donors (Lipinski definition) is 0. The number of amides is 1. The summed E-state index contributed by atoms with van der Waals surface area (Å²) in [4.78, 5) is 27.7. The lowest BCUT2D eigenvalue weighted by atomic mass is 9.90. The van der Waals surface area contributed by atoms with Gasteiger partial charge in [-0.3, -0.25) is 4.79 Å². The van der Waals surface area contributed by atoms with Gasteiger partial charge in [0.1, 0.15) is 10.7 Å². The highest BCUT2D eigenvalue weighted by molar-refractivity contribution is 7.14. The Morgan fingerprint density at radius 3 is 2.77 bits per heavy atom. The van der Waals surface area contributed by atoms with Crippen LogP contribution in [0.25, 0.3) is 0 Å². The minimum absolute atomic E-state index is 0.294. The van der Waals surface area contributed by atoms with Gasteiger partial charge in [0, 0.05) is 18.5 Å². The minimum atomic E-state index is -0.444. The number of hydrogen-bond acceptors (Lipinski definition) is 4. The monoisotopic (exact) mass is 375 g/mol. The highest BCUT2D eigenvalue weighted by Gasteiger charge is 2.22. The number of thiophene rings is 1. The first kappa shape index (κ1) is 18.6. The van der Waals surface area contributed by atoms with Crippen LogP contribution < -0.4 is 0 Å². The van der Waals surface area contributed by atoms with Crippen molar-refractivity contribution in [2.45, 2.75) is 32.7 Å². The molecule has 6 heteroatoms. The van der Waals surface area contributed by atoms with Crippen LogP contribution in [0.3, 0.4) is 0 Å². The molecular weight excluding hydrogens is 353 g/mol. The number of esters is 1. The zero-order valence-electron chi connectivity index (χ0n) is 15.0. The fraction of sp³-hybridized carbons (Fsp3) is 0.400. The van der Waals surface area contributed by atoms with Crippen LogP contribution in [-0.4, -0.2) is 30.4 Å². The molecule has 1 heterocycles. The standard InChI is InChI=1S/C20H22FNO3S/c1-13-3-8-17-15(9-13)10-18(26-17)20(24)25-12-19(23)22(2)11-14-4-6-16(21)7-5-14/h4-7,10,13H,3,8-9,11-12H2,1-2H3/t13-/m0/s1. The number of ether oxygens (including phenoxy) is 1. The van der Waals surface area contributed by atoms with E-state index < -0.39 is 5.97 Å². The number of rotatable bonds is 5. The summed E-state index contributed by atoms with van der Waals surface area (Å²) in [6.45, 7) is 2.26. The molecule has 0 unspecified atom stereocenters. The van der Waals surface area contributed by atoms with E-state index in [1.807, 2.05) is 6.07 Å². The van der Waals surface area contributed by atoms with Crippen molar-refractivity contribution in [1.29, 1.82) is 0 Å². The third-order valence-corrected chi connectivity index (χ3v) is 5.83. The molecule has 2 aromatic rings. The Kier molecular flexibility index (Phi) is 5.71. The number of likely N-dealkylation sites (N-methyl/N-ethyl adjacent to an activating group) is 1. The van der Waals surface area contributed by atoms with Gasteiger partial charge in [0.2, 0.25) is 0 Å². The molecule has 0 fully saturated rings. The van der Waals surface area contributed by atoms with Crippen molar-refractivity contribution in [3.05, 3.63) is 57.0 Å². The molecule has 0 aliphatic heterocycles. The fourth-order valence-electron chi connectivity index (χ4n) is 3.07. The maximum absolute atomic E-state index is 12.9. The number of carbonyl (C=O) groups excluding carboxylic acids is 2. The van der Waals surface area contributed by atoms with Gasteiger partial charge in [-0.1, -0.05) is 19.1 Å². The molecule has 0 bridgehead atoms. The van der Waals surface area contributed by atoms with Crippen molar-refractivity contribution in [1.82, 2.24) is 4.90 Å². The third kappa shape index (κ3) is 4.49. The molecular formula is C20H22FNO3S. The molecule has 4 nitrogen and oxygen atoms in total. The summed E-state index contributed by atoms with van der Waals surface area (Å²) in [6, 6.07) is 7.87. The maximum atomic E-state index is 12.9. The van der Waals surface area contributed by atoms with Crippen molar-refractivity contribution in [3.8, 4) is 0 Å². The topological polar surface area (TPSA) is 46.6 Å². The van der Waals surface area contributed by atoms with Crippen molar-refractivity contribution in [2.24, 2.45) is 5.92 Å². The van der Waals surface area contributed by atoms with Crippen LogP contribution in [0.2, 0.25) is 0 Å². The predicted molar refractivity (Wildman–Crippen MR) is 98.7 cm³/mol. The van der Waals surface area contributed by atoms with E-state index in [0.29, 0.717) is 17.3 Å². The van der Waals surface area contributed by atoms with Crippen molar-refractivity contribution >= 4 is 23.2 Å². The molecule has 1 aliphatic carbocycles. The van der Waals surface area contributed by atoms with E-state index in [2.05, 4.69) is 6.92 Å². The lowest BCUT2D eigenvalue weighted by Crippen LogP contribution is -2.30. The second-order valence-corrected chi connectivity index (χ2v) is 8.00. The van der Waals surface area contributed by atoms with Crippen LogP contribution in [0, 0.1) is 11.7 Å². The summed E-state index contributed by atoms with van der Waals surface area (Å²) in [5.41, 5.74) is 2.05. The van der Waals surface area contributed by atoms with Gasteiger partial charge in [0.05, 0.1) is 0 Å². The quantitative estimate of drug-likeness (QED) is 0.746. The molecule has 0 saturated heterocycles. The zero-order chi connectivity index (χ0) is 18.7. The Bertz CT molecular complexity index is 800. The molecule has 0 radical (unpaired) electrons. The zero-order valence-corrected chi connectivity index (χ0v) is 15.8. The van der Waals surface area contributed by atoms with Crippen LogP contribution in [0.5, 0.6) is 0 Å². The van der Waals surface area contributed by atoms with Crippen LogP contribution in [-0.2, 0) is 28.9 Å². The van der Waals surface area contributed by atoms with Gasteiger partial charge in [-0.25, -0.2) is 9.18 Å². The summed E-state index contributed by atoms with van der Waals surface area (Å²) in [7, 11) is 1.63. The maximum Gasteiger partial charge on any atom is 0.348 e. The molecule has 1 aliphatic rings. The van der Waals surface area contributed by atoms with E-state index in [1.165, 1.54) is 38.8 Å². The summed E-state index contributed by atoms with van der Waals surface area (Å²) >= 11 is 1.47. The number of halogens is 1. The normalized spacial score (nSPS) is 16.0. The highest BCUT2D eigenvalue weighted by atomic mass is 32.1. The van der Waals surface area contributed by atoms with E-state index in [9.17, 15) is 14.0 Å². The molecule has 3 rings (SSSR count). The summed E-state index contributed by atoms with van der Waals surface area (Å²) in [5, 5.41) is 0. The van der Waals surface area contributed by atoms with Crippen LogP contribution in [0.4, 0.5) is 4.39 Å². The lowest BCUT2D eigenvalue weighted by molar-refractivity contribution is -0.133. The van der Waals surface area contributed by atoms with E-state index in [0.717, 1.165) is 24.8 Å². The first-order chi connectivity index (χ1) is 12.4. The molecule has 1 atom stereocenters. The second-order valence-electron chi connectivity index (χ2n) is 6.86. The van der Waals surface area contributed by atoms with Crippen molar-refractivity contribution in [3.63, 3.8) is 0 Å². The number of carbonyl (C=O) groups is 2. The second kappa shape index (κ2) is 7.99. The number of nitrogens with zero attached hydrogens (tertiary/aromatic N) is 1. The highest BCUT2D eigenvalue weighted by Crippen LogP contribution is 2.32. The average molecular weight is 375 g/mol. The molecule has 0 N–H and O–H groups in total. The lowest BCUT2D eigenvalue weighted by Gasteiger charge is -2.17. The van der Waals surface area contributed by atoms with E-state index in [-0.39, 0.29) is 18.3 Å². The first-order valence-corrected chi connectivity index (χ1v) is 9.51. The van der Waals surface area contributed by atoms with Gasteiger partial charge in [0.15, 0.2) is 6.61 Å². The number of fused-ring (bicyclic) bond motifs is 1. The molecule has 0 spiro atoms. The molecule has 26 heavy (non-hydrogen) atoms.